The highest BCUT2D eigenvalue weighted by atomic mass is 16.4. The third kappa shape index (κ3) is 3.44. The minimum atomic E-state index is -0.936. The number of carboxylic acid groups (broad SMARTS) is 1. The number of nitrogens with one attached hydrogen (secondary N) is 1. The molecule has 1 atom stereocenters. The molecule has 0 saturated heterocycles. The van der Waals surface area contributed by atoms with Gasteiger partial charge >= 0.3 is 5.97 Å². The van der Waals surface area contributed by atoms with Crippen LogP contribution in [0.4, 0.5) is 5.82 Å². The lowest BCUT2D eigenvalue weighted by Crippen LogP contribution is -2.19. The van der Waals surface area contributed by atoms with Gasteiger partial charge in [-0.3, -0.25) is 0 Å². The number of hydrogen-bond acceptors (Lipinski definition) is 3. The van der Waals surface area contributed by atoms with E-state index in [9.17, 15) is 4.79 Å². The van der Waals surface area contributed by atoms with E-state index in [1.807, 2.05) is 0 Å². The highest BCUT2D eigenvalue weighted by Crippen LogP contribution is 2.34. The maximum Gasteiger partial charge on any atom is 0.337 e. The van der Waals surface area contributed by atoms with Gasteiger partial charge in [0.2, 0.25) is 0 Å². The Hall–Kier alpha value is -1.58. The highest BCUT2D eigenvalue weighted by molar-refractivity contribution is 5.87. The molecular formula is C13H18N2O2. The van der Waals surface area contributed by atoms with Crippen molar-refractivity contribution in [1.29, 1.82) is 0 Å². The Balaban J connectivity index is 1.94. The molecule has 0 aromatic carbocycles. The van der Waals surface area contributed by atoms with Crippen molar-refractivity contribution in [3.63, 3.8) is 0 Å². The van der Waals surface area contributed by atoms with E-state index in [1.165, 1.54) is 25.5 Å². The van der Waals surface area contributed by atoms with Crippen LogP contribution in [0.25, 0.3) is 0 Å². The van der Waals surface area contributed by atoms with Crippen LogP contribution in [0.15, 0.2) is 18.3 Å². The van der Waals surface area contributed by atoms with Crippen LogP contribution in [0.3, 0.4) is 0 Å². The van der Waals surface area contributed by atoms with Gasteiger partial charge in [0.1, 0.15) is 5.82 Å². The molecular weight excluding hydrogens is 216 g/mol. The average Bonchev–Trinajstić information content (AvgIpc) is 3.13. The minimum absolute atomic E-state index is 0.228. The molecule has 1 aliphatic rings. The second-order valence-electron chi connectivity index (χ2n) is 4.67. The zero-order chi connectivity index (χ0) is 12.3. The zero-order valence-electron chi connectivity index (χ0n) is 10.0. The summed E-state index contributed by atoms with van der Waals surface area (Å²) in [5.41, 5.74) is 0.228. The van der Waals surface area contributed by atoms with Crippen LogP contribution in [0.2, 0.25) is 0 Å². The summed E-state index contributed by atoms with van der Waals surface area (Å²) in [5.74, 6) is 0.710. The molecule has 0 radical (unpaired) electrons. The number of anilines is 1. The molecule has 0 aliphatic heterocycles. The number of carbonyl (C=O) groups is 1. The first-order valence-electron chi connectivity index (χ1n) is 6.15. The third-order valence-corrected chi connectivity index (χ3v) is 3.17. The van der Waals surface area contributed by atoms with Crippen molar-refractivity contribution < 1.29 is 9.90 Å². The van der Waals surface area contributed by atoms with Gasteiger partial charge in [-0.2, -0.15) is 0 Å². The summed E-state index contributed by atoms with van der Waals surface area (Å²) in [6.45, 7) is 2.16. The quantitative estimate of drug-likeness (QED) is 0.794. The molecule has 1 unspecified atom stereocenters. The summed E-state index contributed by atoms with van der Waals surface area (Å²) >= 11 is 0. The molecule has 4 heteroatoms. The molecule has 4 nitrogen and oxygen atoms in total. The van der Waals surface area contributed by atoms with Crippen molar-refractivity contribution in [2.75, 3.05) is 5.32 Å². The summed E-state index contributed by atoms with van der Waals surface area (Å²) < 4.78 is 0. The van der Waals surface area contributed by atoms with Crippen molar-refractivity contribution in [2.24, 2.45) is 5.92 Å². The van der Waals surface area contributed by atoms with E-state index < -0.39 is 5.97 Å². The smallest absolute Gasteiger partial charge is 0.337 e. The summed E-state index contributed by atoms with van der Waals surface area (Å²) in [7, 11) is 0. The Bertz CT molecular complexity index is 385. The second-order valence-corrected chi connectivity index (χ2v) is 4.67. The van der Waals surface area contributed by atoms with Gasteiger partial charge in [0, 0.05) is 12.2 Å². The first-order chi connectivity index (χ1) is 8.19. The fraction of sp³-hybridized carbons (Fsp3) is 0.538. The van der Waals surface area contributed by atoms with E-state index in [2.05, 4.69) is 17.2 Å². The molecule has 0 spiro atoms. The molecule has 92 valence electrons. The van der Waals surface area contributed by atoms with Crippen LogP contribution in [-0.4, -0.2) is 22.1 Å². The molecule has 2 rings (SSSR count). The molecule has 1 aromatic rings. The second kappa shape index (κ2) is 5.17. The predicted octanol–water partition coefficient (Wildman–Crippen LogP) is 2.77. The number of hydrogen-bond donors (Lipinski definition) is 2. The van der Waals surface area contributed by atoms with Gasteiger partial charge in [0.05, 0.1) is 5.56 Å². The van der Waals surface area contributed by atoms with E-state index in [0.717, 1.165) is 18.2 Å². The maximum absolute atomic E-state index is 10.7. The Morgan fingerprint density at radius 1 is 1.59 bits per heavy atom. The van der Waals surface area contributed by atoms with Crippen molar-refractivity contribution in [2.45, 2.75) is 38.6 Å². The Morgan fingerprint density at radius 3 is 2.82 bits per heavy atom. The number of pyridine rings is 1. The third-order valence-electron chi connectivity index (χ3n) is 3.17. The van der Waals surface area contributed by atoms with E-state index in [-0.39, 0.29) is 5.56 Å². The first kappa shape index (κ1) is 11.9. The van der Waals surface area contributed by atoms with Gasteiger partial charge in [0.25, 0.3) is 0 Å². The lowest BCUT2D eigenvalue weighted by Gasteiger charge is -2.17. The molecule has 0 bridgehead atoms. The Labute approximate surface area is 101 Å². The standard InChI is InChI=1S/C13H18N2O2/c1-2-11(7-9-3-4-9)15-12-6-5-10(8-14-12)13(16)17/h5-6,8-9,11H,2-4,7H2,1H3,(H,14,15)(H,16,17). The van der Waals surface area contributed by atoms with Gasteiger partial charge in [-0.15, -0.1) is 0 Å². The fourth-order valence-corrected chi connectivity index (χ4v) is 1.90. The summed E-state index contributed by atoms with van der Waals surface area (Å²) in [6, 6.07) is 3.77. The summed E-state index contributed by atoms with van der Waals surface area (Å²) in [4.78, 5) is 14.8. The minimum Gasteiger partial charge on any atom is -0.478 e. The molecule has 1 aromatic heterocycles. The Kier molecular flexibility index (Phi) is 3.61. The van der Waals surface area contributed by atoms with Gasteiger partial charge in [-0.05, 0) is 30.9 Å². The topological polar surface area (TPSA) is 62.2 Å². The maximum atomic E-state index is 10.7. The summed E-state index contributed by atoms with van der Waals surface area (Å²) in [5, 5.41) is 12.1. The van der Waals surface area contributed by atoms with Gasteiger partial charge < -0.3 is 10.4 Å². The van der Waals surface area contributed by atoms with E-state index in [0.29, 0.717) is 6.04 Å². The van der Waals surface area contributed by atoms with Crippen LogP contribution < -0.4 is 5.32 Å². The Morgan fingerprint density at radius 2 is 2.35 bits per heavy atom. The van der Waals surface area contributed by atoms with Crippen LogP contribution >= 0.6 is 0 Å². The molecule has 2 N–H and O–H groups in total. The fourth-order valence-electron chi connectivity index (χ4n) is 1.90. The molecule has 17 heavy (non-hydrogen) atoms. The number of aromatic carboxylic acids is 1. The normalized spacial score (nSPS) is 16.5. The van der Waals surface area contributed by atoms with Crippen molar-refractivity contribution in [1.82, 2.24) is 4.98 Å². The summed E-state index contributed by atoms with van der Waals surface area (Å²) in [6.07, 6.45) is 6.36. The molecule has 1 aliphatic carbocycles. The van der Waals surface area contributed by atoms with Crippen LogP contribution in [0.1, 0.15) is 43.0 Å². The van der Waals surface area contributed by atoms with Gasteiger partial charge in [-0.25, -0.2) is 9.78 Å². The number of carboxylic acids is 1. The number of nitrogens with zero attached hydrogens (tertiary/aromatic N) is 1. The SMILES string of the molecule is CCC(CC1CC1)Nc1ccc(C(=O)O)cn1. The van der Waals surface area contributed by atoms with Crippen LogP contribution in [-0.2, 0) is 0 Å². The van der Waals surface area contributed by atoms with Crippen molar-refractivity contribution in [3.8, 4) is 0 Å². The van der Waals surface area contributed by atoms with Crippen LogP contribution in [0, 0.1) is 5.92 Å². The van der Waals surface area contributed by atoms with Crippen molar-refractivity contribution in [3.05, 3.63) is 23.9 Å². The lowest BCUT2D eigenvalue weighted by molar-refractivity contribution is 0.0696. The molecule has 1 heterocycles. The van der Waals surface area contributed by atoms with Gasteiger partial charge in [-0.1, -0.05) is 19.8 Å². The van der Waals surface area contributed by atoms with E-state index in [1.54, 1.807) is 12.1 Å². The lowest BCUT2D eigenvalue weighted by atomic mass is 10.1. The molecule has 1 saturated carbocycles. The predicted molar refractivity (Wildman–Crippen MR) is 66.2 cm³/mol. The van der Waals surface area contributed by atoms with E-state index in [4.69, 9.17) is 5.11 Å². The number of aromatic nitrogens is 1. The average molecular weight is 234 g/mol. The monoisotopic (exact) mass is 234 g/mol. The van der Waals surface area contributed by atoms with Crippen LogP contribution in [0.5, 0.6) is 0 Å². The first-order valence-corrected chi connectivity index (χ1v) is 6.15. The molecule has 1 fully saturated rings. The largest absolute Gasteiger partial charge is 0.478 e. The molecule has 0 amide bonds. The van der Waals surface area contributed by atoms with Gasteiger partial charge in [0.15, 0.2) is 0 Å². The number of rotatable bonds is 6. The van der Waals surface area contributed by atoms with Crippen molar-refractivity contribution >= 4 is 11.8 Å². The van der Waals surface area contributed by atoms with E-state index >= 15 is 0 Å². The highest BCUT2D eigenvalue weighted by Gasteiger charge is 2.24. The zero-order valence-corrected chi connectivity index (χ0v) is 10.0.